The number of furan rings is 1. The van der Waals surface area contributed by atoms with Crippen LogP contribution in [0.1, 0.15) is 21.7 Å². The van der Waals surface area contributed by atoms with Crippen molar-refractivity contribution < 1.29 is 23.1 Å². The van der Waals surface area contributed by atoms with E-state index in [-0.39, 0.29) is 17.9 Å². The van der Waals surface area contributed by atoms with Crippen molar-refractivity contribution in [1.82, 2.24) is 4.98 Å². The summed E-state index contributed by atoms with van der Waals surface area (Å²) in [6.07, 6.45) is 1.39. The van der Waals surface area contributed by atoms with Crippen LogP contribution in [0.15, 0.2) is 76.7 Å². The molecule has 2 aromatic heterocycles. The second-order valence-corrected chi connectivity index (χ2v) is 7.79. The van der Waals surface area contributed by atoms with Gasteiger partial charge in [-0.2, -0.15) is 0 Å². The average Bonchev–Trinajstić information content (AvgIpc) is 3.46. The van der Waals surface area contributed by atoms with Crippen LogP contribution < -0.4 is 4.90 Å². The molecule has 0 aliphatic rings. The van der Waals surface area contributed by atoms with Gasteiger partial charge in [-0.25, -0.2) is 14.2 Å². The van der Waals surface area contributed by atoms with Gasteiger partial charge in [0.25, 0.3) is 5.91 Å². The highest BCUT2D eigenvalue weighted by atomic mass is 32.1. The quantitative estimate of drug-likeness (QED) is 0.360. The molecule has 0 aliphatic heterocycles. The van der Waals surface area contributed by atoms with E-state index in [0.717, 1.165) is 11.1 Å². The first-order chi connectivity index (χ1) is 15.5. The first kappa shape index (κ1) is 21.5. The lowest BCUT2D eigenvalue weighted by Crippen LogP contribution is -2.34. The van der Waals surface area contributed by atoms with Crippen LogP contribution in [0.4, 0.5) is 9.52 Å². The second kappa shape index (κ2) is 9.57. The number of aromatic nitrogens is 1. The zero-order chi connectivity index (χ0) is 22.5. The number of nitrogens with zero attached hydrogens (tertiary/aromatic N) is 2. The third-order valence-corrected chi connectivity index (χ3v) is 5.62. The van der Waals surface area contributed by atoms with Crippen molar-refractivity contribution >= 4 is 28.3 Å². The molecule has 0 saturated carbocycles. The molecule has 2 aromatic carbocycles. The Bertz CT molecular complexity index is 1220. The summed E-state index contributed by atoms with van der Waals surface area (Å²) in [6.45, 7) is 1.47. The zero-order valence-corrected chi connectivity index (χ0v) is 18.0. The number of ether oxygens (including phenoxy) is 1. The smallest absolute Gasteiger partial charge is 0.342 e. The number of thiazole rings is 1. The zero-order valence-electron chi connectivity index (χ0n) is 17.2. The van der Waals surface area contributed by atoms with E-state index in [1.54, 1.807) is 24.4 Å². The fourth-order valence-electron chi connectivity index (χ4n) is 3.05. The Morgan fingerprint density at radius 1 is 1.09 bits per heavy atom. The van der Waals surface area contributed by atoms with Crippen LogP contribution in [-0.4, -0.2) is 23.5 Å². The van der Waals surface area contributed by atoms with Crippen LogP contribution in [0, 0.1) is 12.7 Å². The monoisotopic (exact) mass is 450 g/mol. The Kier molecular flexibility index (Phi) is 6.42. The molecule has 6 nitrogen and oxygen atoms in total. The molecule has 0 N–H and O–H groups in total. The highest BCUT2D eigenvalue weighted by molar-refractivity contribution is 7.14. The van der Waals surface area contributed by atoms with Gasteiger partial charge < -0.3 is 9.15 Å². The minimum Gasteiger partial charge on any atom is -0.469 e. The Morgan fingerprint density at radius 3 is 2.53 bits per heavy atom. The molecule has 0 unspecified atom stereocenters. The summed E-state index contributed by atoms with van der Waals surface area (Å²) in [5.41, 5.74) is 2.54. The number of carbonyl (C=O) groups is 2. The molecule has 0 radical (unpaired) electrons. The molecule has 0 aliphatic carbocycles. The lowest BCUT2D eigenvalue weighted by molar-refractivity contribution is -0.121. The average molecular weight is 450 g/mol. The predicted octanol–water partition coefficient (Wildman–Crippen LogP) is 5.24. The summed E-state index contributed by atoms with van der Waals surface area (Å²) in [5.74, 6) is -0.953. The van der Waals surface area contributed by atoms with E-state index in [1.165, 1.54) is 40.7 Å². The van der Waals surface area contributed by atoms with Gasteiger partial charge in [-0.15, -0.1) is 11.3 Å². The molecule has 32 heavy (non-hydrogen) atoms. The summed E-state index contributed by atoms with van der Waals surface area (Å²) in [4.78, 5) is 31.3. The van der Waals surface area contributed by atoms with E-state index in [9.17, 15) is 14.0 Å². The number of benzene rings is 2. The molecule has 0 fully saturated rings. The van der Waals surface area contributed by atoms with Crippen molar-refractivity contribution in [1.29, 1.82) is 0 Å². The maximum absolute atomic E-state index is 13.2. The van der Waals surface area contributed by atoms with Crippen molar-refractivity contribution in [2.75, 3.05) is 11.5 Å². The second-order valence-electron chi connectivity index (χ2n) is 6.95. The largest absolute Gasteiger partial charge is 0.469 e. The van der Waals surface area contributed by atoms with Gasteiger partial charge in [0, 0.05) is 10.9 Å². The van der Waals surface area contributed by atoms with Gasteiger partial charge in [0.2, 0.25) is 0 Å². The minimum absolute atomic E-state index is 0.262. The predicted molar refractivity (Wildman–Crippen MR) is 119 cm³/mol. The number of esters is 1. The lowest BCUT2D eigenvalue weighted by Gasteiger charge is -2.20. The fraction of sp³-hybridized carbons (Fsp3) is 0.125. The van der Waals surface area contributed by atoms with E-state index in [1.807, 2.05) is 30.3 Å². The molecule has 4 aromatic rings. The molecular weight excluding hydrogens is 431 g/mol. The number of amides is 1. The van der Waals surface area contributed by atoms with Crippen LogP contribution in [-0.2, 0) is 16.1 Å². The Hall–Kier alpha value is -3.78. The fourth-order valence-corrected chi connectivity index (χ4v) is 3.90. The van der Waals surface area contributed by atoms with E-state index in [0.29, 0.717) is 16.6 Å². The van der Waals surface area contributed by atoms with Crippen molar-refractivity contribution in [3.05, 3.63) is 95.0 Å². The number of halogens is 1. The Labute approximate surface area is 187 Å². The summed E-state index contributed by atoms with van der Waals surface area (Å²) in [6, 6.07) is 16.9. The molecular formula is C24H19FN2O4S. The third kappa shape index (κ3) is 4.92. The van der Waals surface area contributed by atoms with E-state index >= 15 is 0 Å². The first-order valence-electron chi connectivity index (χ1n) is 9.78. The number of hydrogen-bond donors (Lipinski definition) is 0. The Morgan fingerprint density at radius 2 is 1.84 bits per heavy atom. The lowest BCUT2D eigenvalue weighted by atomic mass is 10.2. The van der Waals surface area contributed by atoms with Crippen LogP contribution >= 0.6 is 11.3 Å². The van der Waals surface area contributed by atoms with Crippen LogP contribution in [0.5, 0.6) is 0 Å². The molecule has 2 heterocycles. The van der Waals surface area contributed by atoms with Crippen LogP contribution in [0.2, 0.25) is 0 Å². The van der Waals surface area contributed by atoms with E-state index < -0.39 is 18.5 Å². The first-order valence-corrected chi connectivity index (χ1v) is 10.7. The van der Waals surface area contributed by atoms with Gasteiger partial charge in [-0.1, -0.05) is 30.3 Å². The maximum Gasteiger partial charge on any atom is 0.342 e. The number of aryl methyl sites for hydroxylation is 1. The Balaban J connectivity index is 1.55. The van der Waals surface area contributed by atoms with Crippen LogP contribution in [0.25, 0.3) is 11.3 Å². The molecule has 0 bridgehead atoms. The van der Waals surface area contributed by atoms with Gasteiger partial charge in [0.1, 0.15) is 17.1 Å². The van der Waals surface area contributed by atoms with Crippen molar-refractivity contribution in [3.63, 3.8) is 0 Å². The molecule has 8 heteroatoms. The SMILES string of the molecule is Cc1occc1C(=O)OCC(=O)N(Cc1ccccc1)c1nc(-c2ccc(F)cc2)cs1. The molecule has 0 spiro atoms. The van der Waals surface area contributed by atoms with Gasteiger partial charge in [-0.3, -0.25) is 9.69 Å². The summed E-state index contributed by atoms with van der Waals surface area (Å²) < 4.78 is 23.6. The molecule has 4 rings (SSSR count). The van der Waals surface area contributed by atoms with Gasteiger partial charge in [-0.05, 0) is 42.8 Å². The van der Waals surface area contributed by atoms with E-state index in [4.69, 9.17) is 9.15 Å². The number of carbonyl (C=O) groups excluding carboxylic acids is 2. The third-order valence-electron chi connectivity index (χ3n) is 4.75. The molecule has 162 valence electrons. The van der Waals surface area contributed by atoms with E-state index in [2.05, 4.69) is 4.98 Å². The number of anilines is 1. The normalized spacial score (nSPS) is 10.7. The summed E-state index contributed by atoms with van der Waals surface area (Å²) in [5, 5.41) is 2.25. The van der Waals surface area contributed by atoms with Crippen molar-refractivity contribution in [2.45, 2.75) is 13.5 Å². The number of hydrogen-bond acceptors (Lipinski definition) is 6. The topological polar surface area (TPSA) is 72.6 Å². The minimum atomic E-state index is -0.629. The summed E-state index contributed by atoms with van der Waals surface area (Å²) in [7, 11) is 0. The van der Waals surface area contributed by atoms with Gasteiger partial charge >= 0.3 is 5.97 Å². The number of rotatable bonds is 7. The van der Waals surface area contributed by atoms with Crippen molar-refractivity contribution in [2.24, 2.45) is 0 Å². The van der Waals surface area contributed by atoms with Gasteiger partial charge in [0.05, 0.1) is 18.5 Å². The maximum atomic E-state index is 13.2. The summed E-state index contributed by atoms with van der Waals surface area (Å²) >= 11 is 1.28. The van der Waals surface area contributed by atoms with Crippen LogP contribution in [0.3, 0.4) is 0 Å². The highest BCUT2D eigenvalue weighted by Gasteiger charge is 2.23. The molecule has 1 amide bonds. The highest BCUT2D eigenvalue weighted by Crippen LogP contribution is 2.29. The van der Waals surface area contributed by atoms with Gasteiger partial charge in [0.15, 0.2) is 11.7 Å². The molecule has 0 saturated heterocycles. The van der Waals surface area contributed by atoms with Crippen molar-refractivity contribution in [3.8, 4) is 11.3 Å². The standard InChI is InChI=1S/C24H19FN2O4S/c1-16-20(11-12-30-16)23(29)31-14-22(28)27(13-17-5-3-2-4-6-17)24-26-21(15-32-24)18-7-9-19(25)10-8-18/h2-12,15H,13-14H2,1H3. The molecule has 0 atom stereocenters.